The molecule has 5 heteroatoms. The van der Waals surface area contributed by atoms with Gasteiger partial charge in [-0.05, 0) is 48.8 Å². The lowest BCUT2D eigenvalue weighted by molar-refractivity contribution is 0.248. The Morgan fingerprint density at radius 1 is 0.786 bits per heavy atom. The van der Waals surface area contributed by atoms with Crippen LogP contribution in [0.1, 0.15) is 77.5 Å². The third kappa shape index (κ3) is 4.51. The maximum Gasteiger partial charge on any atom is 0.199 e. The van der Waals surface area contributed by atoms with Crippen molar-refractivity contribution in [1.29, 1.82) is 0 Å². The lowest BCUT2D eigenvalue weighted by Crippen LogP contribution is -2.30. The summed E-state index contributed by atoms with van der Waals surface area (Å²) in [6, 6.07) is 6.17. The topological polar surface area (TPSA) is 65.0 Å². The molecule has 0 amide bonds. The van der Waals surface area contributed by atoms with E-state index in [0.29, 0.717) is 0 Å². The van der Waals surface area contributed by atoms with Gasteiger partial charge in [-0.1, -0.05) is 39.8 Å². The van der Waals surface area contributed by atoms with E-state index in [1.807, 2.05) is 18.5 Å². The van der Waals surface area contributed by atoms with Gasteiger partial charge in [-0.3, -0.25) is 4.98 Å². The normalized spacial score (nSPS) is 14.8. The fourth-order valence-electron chi connectivity index (χ4n) is 3.67. The van der Waals surface area contributed by atoms with Gasteiger partial charge in [0.1, 0.15) is 12.5 Å². The SMILES string of the molecule is CC(C)(CCC(C)(CCC(C)(C)c1ccon1)c1ncco1)c1ccncc1. The number of hydrogen-bond acceptors (Lipinski definition) is 5. The molecular formula is C23H31N3O2. The van der Waals surface area contributed by atoms with Crippen LogP contribution in [0.4, 0.5) is 0 Å². The molecule has 0 aliphatic carbocycles. The minimum absolute atomic E-state index is 0.0540. The van der Waals surface area contributed by atoms with Crippen LogP contribution in [0.5, 0.6) is 0 Å². The van der Waals surface area contributed by atoms with Gasteiger partial charge in [-0.15, -0.1) is 0 Å². The monoisotopic (exact) mass is 381 g/mol. The molecule has 0 aromatic carbocycles. The van der Waals surface area contributed by atoms with Gasteiger partial charge in [-0.2, -0.15) is 0 Å². The van der Waals surface area contributed by atoms with Crippen molar-refractivity contribution in [3.8, 4) is 0 Å². The summed E-state index contributed by atoms with van der Waals surface area (Å²) in [5.74, 6) is 0.814. The molecule has 0 radical (unpaired) electrons. The van der Waals surface area contributed by atoms with Gasteiger partial charge >= 0.3 is 0 Å². The van der Waals surface area contributed by atoms with E-state index < -0.39 is 0 Å². The summed E-state index contributed by atoms with van der Waals surface area (Å²) in [4.78, 5) is 8.67. The molecule has 0 spiro atoms. The second kappa shape index (κ2) is 7.90. The molecular weight excluding hydrogens is 350 g/mol. The van der Waals surface area contributed by atoms with E-state index in [1.165, 1.54) is 5.56 Å². The van der Waals surface area contributed by atoms with Crippen molar-refractivity contribution in [2.45, 2.75) is 76.5 Å². The molecule has 0 bridgehead atoms. The van der Waals surface area contributed by atoms with Crippen LogP contribution in [0.25, 0.3) is 0 Å². The second-order valence-corrected chi connectivity index (χ2v) is 9.29. The van der Waals surface area contributed by atoms with Crippen LogP contribution in [-0.2, 0) is 16.2 Å². The van der Waals surface area contributed by atoms with Crippen LogP contribution in [0.2, 0.25) is 0 Å². The molecule has 0 saturated heterocycles. The lowest BCUT2D eigenvalue weighted by atomic mass is 9.70. The number of rotatable bonds is 9. The molecule has 0 saturated carbocycles. The van der Waals surface area contributed by atoms with Gasteiger partial charge in [0.2, 0.25) is 0 Å². The van der Waals surface area contributed by atoms with E-state index in [1.54, 1.807) is 18.7 Å². The van der Waals surface area contributed by atoms with Gasteiger partial charge < -0.3 is 8.94 Å². The Labute approximate surface area is 167 Å². The highest BCUT2D eigenvalue weighted by atomic mass is 16.5. The van der Waals surface area contributed by atoms with Crippen molar-refractivity contribution < 1.29 is 8.94 Å². The molecule has 0 N–H and O–H groups in total. The van der Waals surface area contributed by atoms with E-state index in [4.69, 9.17) is 8.94 Å². The molecule has 0 aliphatic rings. The van der Waals surface area contributed by atoms with Crippen LogP contribution in [0.15, 0.2) is 58.3 Å². The van der Waals surface area contributed by atoms with Crippen LogP contribution in [-0.4, -0.2) is 15.1 Å². The van der Waals surface area contributed by atoms with E-state index in [0.717, 1.165) is 37.3 Å². The highest BCUT2D eigenvalue weighted by Gasteiger charge is 2.36. The van der Waals surface area contributed by atoms with Crippen LogP contribution in [0.3, 0.4) is 0 Å². The largest absolute Gasteiger partial charge is 0.448 e. The first-order valence-corrected chi connectivity index (χ1v) is 9.94. The van der Waals surface area contributed by atoms with E-state index in [-0.39, 0.29) is 16.2 Å². The van der Waals surface area contributed by atoms with Gasteiger partial charge in [-0.25, -0.2) is 4.98 Å². The summed E-state index contributed by atoms with van der Waals surface area (Å²) in [5, 5.41) is 4.16. The summed E-state index contributed by atoms with van der Waals surface area (Å²) in [7, 11) is 0. The molecule has 28 heavy (non-hydrogen) atoms. The predicted octanol–water partition coefficient (Wildman–Crippen LogP) is 5.83. The second-order valence-electron chi connectivity index (χ2n) is 9.29. The van der Waals surface area contributed by atoms with Gasteiger partial charge in [0.05, 0.1) is 11.9 Å². The zero-order chi connectivity index (χ0) is 20.3. The molecule has 5 nitrogen and oxygen atoms in total. The summed E-state index contributed by atoms with van der Waals surface area (Å²) >= 11 is 0. The van der Waals surface area contributed by atoms with E-state index >= 15 is 0 Å². The first kappa shape index (κ1) is 20.3. The highest BCUT2D eigenvalue weighted by molar-refractivity contribution is 5.21. The molecule has 1 unspecified atom stereocenters. The molecule has 150 valence electrons. The van der Waals surface area contributed by atoms with Crippen molar-refractivity contribution in [3.05, 3.63) is 66.5 Å². The van der Waals surface area contributed by atoms with E-state index in [2.05, 4.69) is 61.9 Å². The maximum absolute atomic E-state index is 5.77. The Bertz CT molecular complexity index is 839. The summed E-state index contributed by atoms with van der Waals surface area (Å²) < 4.78 is 10.8. The van der Waals surface area contributed by atoms with Crippen molar-refractivity contribution in [2.24, 2.45) is 0 Å². The fourth-order valence-corrected chi connectivity index (χ4v) is 3.67. The van der Waals surface area contributed by atoms with Crippen molar-refractivity contribution >= 4 is 0 Å². The minimum atomic E-state index is -0.144. The fraction of sp³-hybridized carbons (Fsp3) is 0.522. The van der Waals surface area contributed by atoms with Crippen molar-refractivity contribution in [3.63, 3.8) is 0 Å². The molecule has 3 rings (SSSR count). The predicted molar refractivity (Wildman–Crippen MR) is 109 cm³/mol. The Balaban J connectivity index is 1.75. The maximum atomic E-state index is 5.77. The Morgan fingerprint density at radius 3 is 2.04 bits per heavy atom. The molecule has 3 heterocycles. The summed E-state index contributed by atoms with van der Waals surface area (Å²) in [5.41, 5.74) is 2.13. The first-order valence-electron chi connectivity index (χ1n) is 9.94. The van der Waals surface area contributed by atoms with Crippen LogP contribution < -0.4 is 0 Å². The third-order valence-corrected chi connectivity index (χ3v) is 6.15. The van der Waals surface area contributed by atoms with Gasteiger partial charge in [0, 0.05) is 29.3 Å². The van der Waals surface area contributed by atoms with Crippen molar-refractivity contribution in [1.82, 2.24) is 15.1 Å². The Kier molecular flexibility index (Phi) is 5.73. The van der Waals surface area contributed by atoms with Gasteiger partial charge in [0.25, 0.3) is 0 Å². The highest BCUT2D eigenvalue weighted by Crippen LogP contribution is 2.41. The van der Waals surface area contributed by atoms with Crippen LogP contribution in [0, 0.1) is 0 Å². The Morgan fingerprint density at radius 2 is 1.46 bits per heavy atom. The third-order valence-electron chi connectivity index (χ3n) is 6.15. The first-order chi connectivity index (χ1) is 13.2. The average Bonchev–Trinajstić information content (AvgIpc) is 3.40. The number of pyridine rings is 1. The van der Waals surface area contributed by atoms with Gasteiger partial charge in [0.15, 0.2) is 5.89 Å². The number of nitrogens with zero attached hydrogens (tertiary/aromatic N) is 3. The zero-order valence-electron chi connectivity index (χ0n) is 17.6. The zero-order valence-corrected chi connectivity index (χ0v) is 17.6. The smallest absolute Gasteiger partial charge is 0.199 e. The molecule has 3 aromatic heterocycles. The Hall–Kier alpha value is -2.43. The van der Waals surface area contributed by atoms with E-state index in [9.17, 15) is 0 Å². The molecule has 3 aromatic rings. The lowest BCUT2D eigenvalue weighted by Gasteiger charge is -2.34. The van der Waals surface area contributed by atoms with Crippen LogP contribution >= 0.6 is 0 Å². The summed E-state index contributed by atoms with van der Waals surface area (Å²) in [6.45, 7) is 11.3. The number of hydrogen-bond donors (Lipinski definition) is 0. The number of aromatic nitrogens is 3. The minimum Gasteiger partial charge on any atom is -0.448 e. The average molecular weight is 382 g/mol. The summed E-state index contributed by atoms with van der Waals surface area (Å²) in [6.07, 6.45) is 12.7. The quantitative estimate of drug-likeness (QED) is 0.466. The number of oxazole rings is 1. The molecule has 1 atom stereocenters. The molecule has 0 fully saturated rings. The molecule has 0 aliphatic heterocycles. The standard InChI is InChI=1S/C23H31N3O2/c1-21(2,18-6-13-24-14-7-18)9-11-23(5,20-25-15-17-27-20)12-10-22(3,4)19-8-16-28-26-19/h6-8,13-17H,9-12H2,1-5H3. The van der Waals surface area contributed by atoms with Crippen molar-refractivity contribution in [2.75, 3.05) is 0 Å².